The van der Waals surface area contributed by atoms with Gasteiger partial charge in [0, 0.05) is 18.0 Å². The molecule has 2 rings (SSSR count). The van der Waals surface area contributed by atoms with E-state index in [0.29, 0.717) is 19.0 Å². The van der Waals surface area contributed by atoms with Crippen molar-refractivity contribution in [2.24, 2.45) is 0 Å². The van der Waals surface area contributed by atoms with Gasteiger partial charge in [-0.1, -0.05) is 50.7 Å². The zero-order valence-corrected chi connectivity index (χ0v) is 15.9. The minimum Gasteiger partial charge on any atom is -0.490 e. The monoisotopic (exact) mass is 357 g/mol. The molecule has 26 heavy (non-hydrogen) atoms. The van der Waals surface area contributed by atoms with E-state index in [-0.39, 0.29) is 17.9 Å². The molecule has 6 nitrogen and oxygen atoms in total. The Morgan fingerprint density at radius 3 is 2.62 bits per heavy atom. The van der Waals surface area contributed by atoms with Crippen molar-refractivity contribution in [1.82, 2.24) is 10.1 Å². The van der Waals surface area contributed by atoms with E-state index in [1.165, 1.54) is 0 Å². The number of amides is 1. The van der Waals surface area contributed by atoms with Crippen LogP contribution in [0.3, 0.4) is 0 Å². The first-order chi connectivity index (χ1) is 12.3. The molecule has 0 bridgehead atoms. The molecule has 0 radical (unpaired) electrons. The third-order valence-corrected chi connectivity index (χ3v) is 3.70. The molecule has 1 aromatic carbocycles. The fraction of sp³-hybridized carbons (Fsp3) is 0.400. The Morgan fingerprint density at radius 1 is 1.35 bits per heavy atom. The van der Waals surface area contributed by atoms with Crippen LogP contribution in [0.4, 0.5) is 5.88 Å². The number of anilines is 1. The maximum Gasteiger partial charge on any atom is 0.240 e. The van der Waals surface area contributed by atoms with Gasteiger partial charge in [0.25, 0.3) is 0 Å². The van der Waals surface area contributed by atoms with E-state index in [2.05, 4.69) is 17.1 Å². The summed E-state index contributed by atoms with van der Waals surface area (Å²) in [5.41, 5.74) is 1.78. The van der Waals surface area contributed by atoms with Gasteiger partial charge in [-0.15, -0.1) is 0 Å². The Hall–Kier alpha value is -2.60. The van der Waals surface area contributed by atoms with E-state index in [1.807, 2.05) is 57.0 Å². The fourth-order valence-electron chi connectivity index (χ4n) is 2.32. The topological polar surface area (TPSA) is 67.6 Å². The second-order valence-electron chi connectivity index (χ2n) is 7.29. The smallest absolute Gasteiger partial charge is 0.240 e. The van der Waals surface area contributed by atoms with Crippen molar-refractivity contribution >= 4 is 11.8 Å². The third kappa shape index (κ3) is 6.04. The number of aromatic nitrogens is 1. The molecule has 0 unspecified atom stereocenters. The number of carbonyl (C=O) groups excluding carboxylic acids is 1. The van der Waals surface area contributed by atoms with Crippen molar-refractivity contribution in [2.45, 2.75) is 32.7 Å². The van der Waals surface area contributed by atoms with Crippen LogP contribution in [-0.4, -0.2) is 36.2 Å². The number of ether oxygens (including phenoxy) is 1. The molecule has 1 N–H and O–H groups in total. The highest BCUT2D eigenvalue weighted by Gasteiger charge is 2.20. The number of hydrogen-bond donors (Lipinski definition) is 1. The van der Waals surface area contributed by atoms with Gasteiger partial charge in [-0.05, 0) is 24.7 Å². The van der Waals surface area contributed by atoms with Crippen LogP contribution in [0.25, 0.3) is 0 Å². The summed E-state index contributed by atoms with van der Waals surface area (Å²) in [5, 5.41) is 6.74. The van der Waals surface area contributed by atoms with Crippen molar-refractivity contribution in [1.29, 1.82) is 0 Å². The molecule has 0 aliphatic heterocycles. The predicted molar refractivity (Wildman–Crippen MR) is 102 cm³/mol. The summed E-state index contributed by atoms with van der Waals surface area (Å²) in [6.45, 7) is 11.1. The van der Waals surface area contributed by atoms with Gasteiger partial charge in [-0.25, -0.2) is 0 Å². The van der Waals surface area contributed by atoms with E-state index < -0.39 is 0 Å². The Labute approximate surface area is 154 Å². The quantitative estimate of drug-likeness (QED) is 0.731. The van der Waals surface area contributed by atoms with Crippen molar-refractivity contribution < 1.29 is 14.1 Å². The Kier molecular flexibility index (Phi) is 6.58. The van der Waals surface area contributed by atoms with Crippen molar-refractivity contribution in [3.63, 3.8) is 0 Å². The van der Waals surface area contributed by atoms with Gasteiger partial charge in [-0.2, -0.15) is 0 Å². The summed E-state index contributed by atoms with van der Waals surface area (Å²) in [5.74, 6) is 1.03. The number of nitrogens with zero attached hydrogens (tertiary/aromatic N) is 2. The number of benzene rings is 1. The lowest BCUT2D eigenvalue weighted by atomic mass is 9.92. The molecule has 0 aliphatic rings. The highest BCUT2D eigenvalue weighted by molar-refractivity contribution is 5.90. The van der Waals surface area contributed by atoms with Crippen molar-refractivity contribution in [3.05, 3.63) is 54.2 Å². The summed E-state index contributed by atoms with van der Waals surface area (Å²) in [6.07, 6.45) is 1.71. The minimum atomic E-state index is -0.143. The average molecular weight is 357 g/mol. The summed E-state index contributed by atoms with van der Waals surface area (Å²) in [7, 11) is 1.89. The minimum absolute atomic E-state index is 0.120. The maximum atomic E-state index is 12.2. The first-order valence-corrected chi connectivity index (χ1v) is 8.56. The second kappa shape index (κ2) is 8.67. The third-order valence-electron chi connectivity index (χ3n) is 3.70. The van der Waals surface area contributed by atoms with Gasteiger partial charge >= 0.3 is 0 Å². The average Bonchev–Trinajstić information content (AvgIpc) is 3.02. The molecular formula is C20H27N3O3. The van der Waals surface area contributed by atoms with Gasteiger partial charge in [-0.3, -0.25) is 15.0 Å². The summed E-state index contributed by atoms with van der Waals surface area (Å²) < 4.78 is 10.6. The van der Waals surface area contributed by atoms with Crippen LogP contribution in [0, 0.1) is 0 Å². The Morgan fingerprint density at radius 2 is 2.04 bits per heavy atom. The van der Waals surface area contributed by atoms with E-state index >= 15 is 0 Å². The number of rotatable bonds is 8. The van der Waals surface area contributed by atoms with Crippen LogP contribution >= 0.6 is 0 Å². The molecule has 0 saturated heterocycles. The SMILES string of the molecule is C=CCOc1ccc(CN(C)CC(=O)Nc2cc(C(C)(C)C)no2)cc1. The Bertz CT molecular complexity index is 730. The Balaban J connectivity index is 1.83. The second-order valence-corrected chi connectivity index (χ2v) is 7.29. The fourth-order valence-corrected chi connectivity index (χ4v) is 2.32. The molecule has 0 fully saturated rings. The number of nitrogens with one attached hydrogen (secondary N) is 1. The number of likely N-dealkylation sites (N-methyl/N-ethyl adjacent to an activating group) is 1. The zero-order chi connectivity index (χ0) is 19.2. The highest BCUT2D eigenvalue weighted by atomic mass is 16.5. The number of hydrogen-bond acceptors (Lipinski definition) is 5. The lowest BCUT2D eigenvalue weighted by Gasteiger charge is -2.16. The lowest BCUT2D eigenvalue weighted by Crippen LogP contribution is -2.29. The van der Waals surface area contributed by atoms with Gasteiger partial charge in [0.15, 0.2) is 0 Å². The van der Waals surface area contributed by atoms with Gasteiger partial charge in [0.2, 0.25) is 11.8 Å². The van der Waals surface area contributed by atoms with Gasteiger partial charge < -0.3 is 9.26 Å². The van der Waals surface area contributed by atoms with E-state index in [4.69, 9.17) is 9.26 Å². The predicted octanol–water partition coefficient (Wildman–Crippen LogP) is 3.61. The summed E-state index contributed by atoms with van der Waals surface area (Å²) >= 11 is 0. The van der Waals surface area contributed by atoms with Gasteiger partial charge in [0.05, 0.1) is 12.2 Å². The summed E-state index contributed by atoms with van der Waals surface area (Å²) in [6, 6.07) is 9.56. The molecule has 6 heteroatoms. The van der Waals surface area contributed by atoms with Crippen molar-refractivity contribution in [2.75, 3.05) is 25.5 Å². The van der Waals surface area contributed by atoms with E-state index in [0.717, 1.165) is 17.0 Å². The molecule has 0 saturated carbocycles. The first kappa shape index (κ1) is 19.7. The molecule has 140 valence electrons. The van der Waals surface area contributed by atoms with E-state index in [1.54, 1.807) is 12.1 Å². The van der Waals surface area contributed by atoms with E-state index in [9.17, 15) is 4.79 Å². The molecular weight excluding hydrogens is 330 g/mol. The van der Waals surface area contributed by atoms with Crippen LogP contribution in [0.2, 0.25) is 0 Å². The standard InChI is InChI=1S/C20H27N3O3/c1-6-11-25-16-9-7-15(8-10-16)13-23(5)14-18(24)21-19-12-17(22-26-19)20(2,3)4/h6-10,12H,1,11,13-14H2,2-5H3,(H,21,24). The summed E-state index contributed by atoms with van der Waals surface area (Å²) in [4.78, 5) is 14.1. The zero-order valence-electron chi connectivity index (χ0n) is 15.9. The van der Waals surface area contributed by atoms with Crippen LogP contribution < -0.4 is 10.1 Å². The molecule has 1 amide bonds. The highest BCUT2D eigenvalue weighted by Crippen LogP contribution is 2.23. The van der Waals surface area contributed by atoms with Gasteiger partial charge in [0.1, 0.15) is 12.4 Å². The van der Waals surface area contributed by atoms with Crippen LogP contribution in [-0.2, 0) is 16.8 Å². The van der Waals surface area contributed by atoms with Crippen molar-refractivity contribution in [3.8, 4) is 5.75 Å². The largest absolute Gasteiger partial charge is 0.490 e. The molecule has 2 aromatic rings. The number of carbonyl (C=O) groups is 1. The van der Waals surface area contributed by atoms with Crippen LogP contribution in [0.5, 0.6) is 5.75 Å². The molecule has 1 aromatic heterocycles. The lowest BCUT2D eigenvalue weighted by molar-refractivity contribution is -0.117. The normalized spacial score (nSPS) is 11.4. The maximum absolute atomic E-state index is 12.2. The molecule has 0 spiro atoms. The van der Waals surface area contributed by atoms with Crippen LogP contribution in [0.15, 0.2) is 47.5 Å². The van der Waals surface area contributed by atoms with Crippen LogP contribution in [0.1, 0.15) is 32.0 Å². The first-order valence-electron chi connectivity index (χ1n) is 8.56. The molecule has 0 aliphatic carbocycles. The molecule has 0 atom stereocenters. The molecule has 1 heterocycles.